The topological polar surface area (TPSA) is 91.2 Å². The van der Waals surface area contributed by atoms with E-state index in [-0.39, 0.29) is 11.1 Å². The standard InChI is InChI=1S/C23H31F3N6O4S/c1-17-15-29(8-9-31(17)22(33)32-7-6-21(27-32)37(34,35)28(2)3)16-18-4-5-19(23(24,25)26)14-20(18)30-10-12-36-13-11-30/h4-7,14,17H,8-13,15-16H2,1-3H3/t17-/m0/s1. The molecule has 14 heteroatoms. The maximum atomic E-state index is 13.4. The van der Waals surface area contributed by atoms with Gasteiger partial charge in [0.2, 0.25) is 0 Å². The van der Waals surface area contributed by atoms with Gasteiger partial charge in [-0.1, -0.05) is 6.07 Å². The monoisotopic (exact) mass is 544 g/mol. The Bertz CT molecular complexity index is 1230. The van der Waals surface area contributed by atoms with Gasteiger partial charge in [0.25, 0.3) is 10.0 Å². The van der Waals surface area contributed by atoms with E-state index in [2.05, 4.69) is 10.00 Å². The van der Waals surface area contributed by atoms with Crippen molar-refractivity contribution >= 4 is 21.7 Å². The predicted molar refractivity (Wildman–Crippen MR) is 130 cm³/mol. The summed E-state index contributed by atoms with van der Waals surface area (Å²) >= 11 is 0. The Morgan fingerprint density at radius 2 is 1.84 bits per heavy atom. The van der Waals surface area contributed by atoms with Gasteiger partial charge in [0, 0.05) is 71.3 Å². The molecule has 0 spiro atoms. The second-order valence-corrected chi connectivity index (χ2v) is 11.5. The zero-order valence-electron chi connectivity index (χ0n) is 21.0. The lowest BCUT2D eigenvalue weighted by molar-refractivity contribution is -0.137. The molecule has 1 aromatic carbocycles. The first kappa shape index (κ1) is 27.4. The number of rotatable bonds is 5. The summed E-state index contributed by atoms with van der Waals surface area (Å²) < 4.78 is 72.2. The molecule has 0 aliphatic carbocycles. The second kappa shape index (κ2) is 10.6. The van der Waals surface area contributed by atoms with Crippen molar-refractivity contribution in [1.82, 2.24) is 23.9 Å². The third-order valence-electron chi connectivity index (χ3n) is 6.62. The van der Waals surface area contributed by atoms with E-state index in [0.717, 1.165) is 20.6 Å². The number of hydrogen-bond donors (Lipinski definition) is 0. The van der Waals surface area contributed by atoms with Gasteiger partial charge in [-0.25, -0.2) is 17.5 Å². The first-order chi connectivity index (χ1) is 17.4. The van der Waals surface area contributed by atoms with Crippen molar-refractivity contribution in [3.8, 4) is 0 Å². The average molecular weight is 545 g/mol. The van der Waals surface area contributed by atoms with Gasteiger partial charge in [-0.15, -0.1) is 0 Å². The predicted octanol–water partition coefficient (Wildman–Crippen LogP) is 2.16. The molecular formula is C23H31F3N6O4S. The maximum absolute atomic E-state index is 13.4. The lowest BCUT2D eigenvalue weighted by Gasteiger charge is -2.40. The Balaban J connectivity index is 1.47. The van der Waals surface area contributed by atoms with Crippen LogP contribution in [-0.4, -0.2) is 104 Å². The number of halogens is 3. The number of morpholine rings is 1. The van der Waals surface area contributed by atoms with Gasteiger partial charge < -0.3 is 14.5 Å². The number of sulfonamides is 1. The van der Waals surface area contributed by atoms with Crippen LogP contribution in [0, 0.1) is 0 Å². The van der Waals surface area contributed by atoms with Crippen molar-refractivity contribution in [2.45, 2.75) is 30.7 Å². The van der Waals surface area contributed by atoms with Crippen molar-refractivity contribution in [3.63, 3.8) is 0 Å². The number of carbonyl (C=O) groups is 1. The van der Waals surface area contributed by atoms with Gasteiger partial charge in [0.1, 0.15) is 0 Å². The molecule has 2 fully saturated rings. The van der Waals surface area contributed by atoms with Gasteiger partial charge in [-0.05, 0) is 30.7 Å². The Morgan fingerprint density at radius 1 is 1.14 bits per heavy atom. The molecule has 2 aliphatic rings. The summed E-state index contributed by atoms with van der Waals surface area (Å²) in [6.07, 6.45) is -3.10. The molecule has 1 amide bonds. The van der Waals surface area contributed by atoms with E-state index in [4.69, 9.17) is 4.74 Å². The third kappa shape index (κ3) is 5.92. The zero-order chi connectivity index (χ0) is 27.0. The fourth-order valence-electron chi connectivity index (χ4n) is 4.54. The number of hydrogen-bond acceptors (Lipinski definition) is 7. The lowest BCUT2D eigenvalue weighted by Crippen LogP contribution is -2.54. The number of piperazine rings is 1. The first-order valence-electron chi connectivity index (χ1n) is 11.9. The van der Waals surface area contributed by atoms with Crippen molar-refractivity contribution < 1.29 is 31.1 Å². The highest BCUT2D eigenvalue weighted by Crippen LogP contribution is 2.34. The average Bonchev–Trinajstić information content (AvgIpc) is 3.35. The quantitative estimate of drug-likeness (QED) is 0.570. The van der Waals surface area contributed by atoms with Crippen LogP contribution < -0.4 is 4.90 Å². The molecular weight excluding hydrogens is 513 g/mol. The van der Waals surface area contributed by atoms with E-state index in [9.17, 15) is 26.4 Å². The van der Waals surface area contributed by atoms with Gasteiger partial charge >= 0.3 is 12.2 Å². The van der Waals surface area contributed by atoms with Crippen molar-refractivity contribution in [3.05, 3.63) is 41.6 Å². The number of nitrogens with zero attached hydrogens (tertiary/aromatic N) is 6. The van der Waals surface area contributed by atoms with Crippen LogP contribution in [0.3, 0.4) is 0 Å². The molecule has 1 atom stereocenters. The highest BCUT2D eigenvalue weighted by Gasteiger charge is 2.33. The highest BCUT2D eigenvalue weighted by atomic mass is 32.2. The molecule has 0 unspecified atom stereocenters. The first-order valence-corrected chi connectivity index (χ1v) is 13.4. The van der Waals surface area contributed by atoms with Crippen LogP contribution in [0.15, 0.2) is 35.5 Å². The van der Waals surface area contributed by atoms with E-state index < -0.39 is 27.8 Å². The summed E-state index contributed by atoms with van der Waals surface area (Å²) in [6.45, 7) is 5.62. The fourth-order valence-corrected chi connectivity index (χ4v) is 5.34. The summed E-state index contributed by atoms with van der Waals surface area (Å²) in [6, 6.07) is 4.48. The molecule has 2 saturated heterocycles. The molecule has 0 N–H and O–H groups in total. The third-order valence-corrected chi connectivity index (χ3v) is 8.33. The number of anilines is 1. The molecule has 37 heavy (non-hydrogen) atoms. The van der Waals surface area contributed by atoms with Crippen LogP contribution >= 0.6 is 0 Å². The minimum atomic E-state index is -4.43. The summed E-state index contributed by atoms with van der Waals surface area (Å²) in [7, 11) is -0.988. The van der Waals surface area contributed by atoms with Crippen molar-refractivity contribution in [2.75, 3.05) is 64.9 Å². The van der Waals surface area contributed by atoms with Crippen molar-refractivity contribution in [2.24, 2.45) is 0 Å². The van der Waals surface area contributed by atoms with Crippen LogP contribution in [0.5, 0.6) is 0 Å². The minimum absolute atomic E-state index is 0.213. The Kier molecular flexibility index (Phi) is 7.83. The fraction of sp³-hybridized carbons (Fsp3) is 0.565. The van der Waals surface area contributed by atoms with E-state index in [1.165, 1.54) is 38.5 Å². The smallest absolute Gasteiger partial charge is 0.378 e. The Hall–Kier alpha value is -2.68. The van der Waals surface area contributed by atoms with Crippen LogP contribution in [0.4, 0.5) is 23.7 Å². The molecule has 3 heterocycles. The van der Waals surface area contributed by atoms with E-state index in [0.29, 0.717) is 58.2 Å². The Labute approximate surface area is 214 Å². The Morgan fingerprint density at radius 3 is 2.46 bits per heavy atom. The molecule has 2 aliphatic heterocycles. The van der Waals surface area contributed by atoms with E-state index in [1.807, 2.05) is 11.8 Å². The minimum Gasteiger partial charge on any atom is -0.378 e. The summed E-state index contributed by atoms with van der Waals surface area (Å²) in [5.74, 6) is 0. The molecule has 204 valence electrons. The second-order valence-electron chi connectivity index (χ2n) is 9.39. The number of aromatic nitrogens is 2. The molecule has 0 bridgehead atoms. The summed E-state index contributed by atoms with van der Waals surface area (Å²) in [5.41, 5.74) is 0.652. The van der Waals surface area contributed by atoms with Gasteiger partial charge in [-0.2, -0.15) is 23.0 Å². The molecule has 2 aromatic rings. The zero-order valence-corrected chi connectivity index (χ0v) is 21.8. The number of amides is 1. The lowest BCUT2D eigenvalue weighted by atomic mass is 10.1. The molecule has 0 saturated carbocycles. The van der Waals surface area contributed by atoms with E-state index in [1.54, 1.807) is 4.90 Å². The van der Waals surface area contributed by atoms with Gasteiger partial charge in [-0.3, -0.25) is 4.90 Å². The van der Waals surface area contributed by atoms with Crippen LogP contribution in [0.25, 0.3) is 0 Å². The number of benzene rings is 1. The number of carbonyl (C=O) groups excluding carboxylic acids is 1. The maximum Gasteiger partial charge on any atom is 0.416 e. The van der Waals surface area contributed by atoms with Gasteiger partial charge in [0.15, 0.2) is 5.03 Å². The SMILES string of the molecule is C[C@H]1CN(Cc2ccc(C(F)(F)F)cc2N2CCOCC2)CCN1C(=O)n1ccc(S(=O)(=O)N(C)C)n1. The summed E-state index contributed by atoms with van der Waals surface area (Å²) in [4.78, 5) is 18.7. The normalized spacial score (nSPS) is 20.0. The van der Waals surface area contributed by atoms with Crippen LogP contribution in [0.1, 0.15) is 18.1 Å². The molecule has 1 aromatic heterocycles. The van der Waals surface area contributed by atoms with Crippen LogP contribution in [-0.2, 0) is 27.5 Å². The highest BCUT2D eigenvalue weighted by molar-refractivity contribution is 7.89. The molecule has 4 rings (SSSR count). The number of alkyl halides is 3. The van der Waals surface area contributed by atoms with Gasteiger partial charge in [0.05, 0.1) is 18.8 Å². The largest absolute Gasteiger partial charge is 0.416 e. The van der Waals surface area contributed by atoms with Crippen molar-refractivity contribution in [1.29, 1.82) is 0 Å². The number of ether oxygens (including phenoxy) is 1. The summed E-state index contributed by atoms with van der Waals surface area (Å²) in [5, 5.41) is 3.75. The van der Waals surface area contributed by atoms with Crippen LogP contribution in [0.2, 0.25) is 0 Å². The molecule has 10 nitrogen and oxygen atoms in total. The van der Waals surface area contributed by atoms with E-state index >= 15 is 0 Å². The molecule has 0 radical (unpaired) electrons.